The second kappa shape index (κ2) is 9.09. The fourth-order valence-electron chi connectivity index (χ4n) is 3.42. The monoisotopic (exact) mass is 410 g/mol. The van der Waals surface area contributed by atoms with Gasteiger partial charge in [-0.2, -0.15) is 0 Å². The van der Waals surface area contributed by atoms with E-state index < -0.39 is 17.7 Å². The molecule has 2 aromatic rings. The lowest BCUT2D eigenvalue weighted by Gasteiger charge is -2.24. The summed E-state index contributed by atoms with van der Waals surface area (Å²) in [6.07, 6.45) is 1.64. The van der Waals surface area contributed by atoms with Gasteiger partial charge in [-0.3, -0.25) is 14.6 Å². The molecule has 158 valence electrons. The van der Waals surface area contributed by atoms with Crippen molar-refractivity contribution < 1.29 is 24.3 Å². The molecule has 1 fully saturated rings. The number of likely N-dealkylation sites (N-methyl/N-ethyl adjacent to an activating group) is 1. The van der Waals surface area contributed by atoms with E-state index >= 15 is 0 Å². The smallest absolute Gasteiger partial charge is 0.295 e. The minimum Gasteiger partial charge on any atom is -0.507 e. The minimum absolute atomic E-state index is 0.0257. The molecule has 1 saturated heterocycles. The zero-order chi connectivity index (χ0) is 21.8. The lowest BCUT2D eigenvalue weighted by Crippen LogP contribution is -3.06. The molecule has 1 atom stereocenters. The van der Waals surface area contributed by atoms with Gasteiger partial charge in [-0.05, 0) is 50.2 Å². The first-order valence-electron chi connectivity index (χ1n) is 10.0. The van der Waals surface area contributed by atoms with Gasteiger partial charge in [-0.1, -0.05) is 6.07 Å². The number of pyridine rings is 1. The van der Waals surface area contributed by atoms with Crippen LogP contribution in [0.5, 0.6) is 5.75 Å². The van der Waals surface area contributed by atoms with Crippen molar-refractivity contribution in [2.24, 2.45) is 0 Å². The molecule has 2 N–H and O–H groups in total. The van der Waals surface area contributed by atoms with Crippen LogP contribution in [0.2, 0.25) is 0 Å². The Kier molecular flexibility index (Phi) is 6.52. The Morgan fingerprint density at radius 2 is 1.87 bits per heavy atom. The molecule has 2 heterocycles. The number of carbonyl (C=O) groups is 2. The molecule has 0 bridgehead atoms. The van der Waals surface area contributed by atoms with Crippen LogP contribution in [0, 0.1) is 0 Å². The quantitative estimate of drug-likeness (QED) is 0.410. The van der Waals surface area contributed by atoms with Crippen molar-refractivity contribution >= 4 is 17.4 Å². The zero-order valence-corrected chi connectivity index (χ0v) is 17.8. The molecule has 0 aliphatic carbocycles. The number of hydrogen-bond donors (Lipinski definition) is 2. The average Bonchev–Trinajstić information content (AvgIpc) is 2.97. The summed E-state index contributed by atoms with van der Waals surface area (Å²) in [6, 6.07) is 11.4. The molecule has 7 nitrogen and oxygen atoms in total. The molecule has 3 rings (SSSR count). The largest absolute Gasteiger partial charge is 0.507 e. The Hall–Kier alpha value is -3.19. The molecule has 1 amide bonds. The van der Waals surface area contributed by atoms with E-state index in [0.29, 0.717) is 30.1 Å². The molecule has 1 aromatic heterocycles. The van der Waals surface area contributed by atoms with Crippen molar-refractivity contribution in [3.8, 4) is 5.75 Å². The van der Waals surface area contributed by atoms with Gasteiger partial charge in [0.1, 0.15) is 17.6 Å². The van der Waals surface area contributed by atoms with Crippen molar-refractivity contribution in [1.29, 1.82) is 0 Å². The first kappa shape index (κ1) is 21.5. The van der Waals surface area contributed by atoms with Crippen LogP contribution >= 0.6 is 0 Å². The third kappa shape index (κ3) is 4.52. The number of hydrogen-bond acceptors (Lipinski definition) is 5. The van der Waals surface area contributed by atoms with Crippen molar-refractivity contribution in [3.05, 3.63) is 65.5 Å². The van der Waals surface area contributed by atoms with Crippen LogP contribution in [-0.4, -0.2) is 60.0 Å². The number of rotatable bonds is 7. The van der Waals surface area contributed by atoms with Gasteiger partial charge in [-0.25, -0.2) is 0 Å². The van der Waals surface area contributed by atoms with Gasteiger partial charge in [-0.15, -0.1) is 0 Å². The Bertz CT molecular complexity index is 937. The highest BCUT2D eigenvalue weighted by Gasteiger charge is 2.46. The van der Waals surface area contributed by atoms with Gasteiger partial charge in [0.25, 0.3) is 11.7 Å². The van der Waals surface area contributed by atoms with Gasteiger partial charge in [0.2, 0.25) is 0 Å². The number of nitrogens with zero attached hydrogens (tertiary/aromatic N) is 2. The van der Waals surface area contributed by atoms with E-state index in [9.17, 15) is 14.7 Å². The van der Waals surface area contributed by atoms with Crippen molar-refractivity contribution in [1.82, 2.24) is 9.88 Å². The Balaban J connectivity index is 2.05. The van der Waals surface area contributed by atoms with E-state index in [1.165, 1.54) is 4.90 Å². The first-order chi connectivity index (χ1) is 14.3. The number of benzene rings is 1. The Morgan fingerprint density at radius 1 is 1.17 bits per heavy atom. The van der Waals surface area contributed by atoms with E-state index in [1.807, 2.05) is 27.9 Å². The number of carbonyl (C=O) groups excluding carboxylic acids is 2. The Labute approximate surface area is 176 Å². The molecule has 1 aliphatic heterocycles. The van der Waals surface area contributed by atoms with E-state index in [0.717, 1.165) is 4.90 Å². The molecule has 0 unspecified atom stereocenters. The predicted octanol–water partition coefficient (Wildman–Crippen LogP) is 1.44. The highest BCUT2D eigenvalue weighted by atomic mass is 16.5. The summed E-state index contributed by atoms with van der Waals surface area (Å²) >= 11 is 0. The number of Topliss-reactive ketones (excluding diaryl/α,β-unsaturated/α-hetero) is 1. The molecule has 0 saturated carbocycles. The fraction of sp³-hybridized carbons (Fsp3) is 0.348. The highest BCUT2D eigenvalue weighted by Crippen LogP contribution is 2.38. The van der Waals surface area contributed by atoms with Crippen molar-refractivity contribution in [2.75, 3.05) is 27.2 Å². The number of ether oxygens (including phenoxy) is 1. The average molecular weight is 410 g/mol. The molecule has 30 heavy (non-hydrogen) atoms. The van der Waals surface area contributed by atoms with Gasteiger partial charge in [0.15, 0.2) is 0 Å². The maximum absolute atomic E-state index is 12.9. The highest BCUT2D eigenvalue weighted by molar-refractivity contribution is 6.46. The maximum atomic E-state index is 12.9. The van der Waals surface area contributed by atoms with Crippen LogP contribution in [0.4, 0.5) is 0 Å². The third-order valence-corrected chi connectivity index (χ3v) is 4.86. The minimum atomic E-state index is -0.725. The fourth-order valence-corrected chi connectivity index (χ4v) is 3.42. The van der Waals surface area contributed by atoms with Crippen LogP contribution in [0.1, 0.15) is 31.1 Å². The van der Waals surface area contributed by atoms with Crippen molar-refractivity contribution in [3.63, 3.8) is 0 Å². The second-order valence-corrected chi connectivity index (χ2v) is 7.90. The number of quaternary nitrogens is 1. The lowest BCUT2D eigenvalue weighted by molar-refractivity contribution is -0.857. The molecular weight excluding hydrogens is 382 g/mol. The molecule has 1 aliphatic rings. The summed E-state index contributed by atoms with van der Waals surface area (Å²) in [5, 5.41) is 11.0. The third-order valence-electron chi connectivity index (χ3n) is 4.86. The maximum Gasteiger partial charge on any atom is 0.295 e. The van der Waals surface area contributed by atoms with Crippen LogP contribution in [0.15, 0.2) is 54.2 Å². The van der Waals surface area contributed by atoms with Gasteiger partial charge < -0.3 is 19.6 Å². The summed E-state index contributed by atoms with van der Waals surface area (Å²) < 4.78 is 5.64. The first-order valence-corrected chi connectivity index (χ1v) is 10.0. The molecule has 0 radical (unpaired) electrons. The van der Waals surface area contributed by atoms with E-state index in [-0.39, 0.29) is 17.4 Å². The summed E-state index contributed by atoms with van der Waals surface area (Å²) in [7, 11) is 3.96. The number of likely N-dealkylation sites (tertiary alicyclic amines) is 1. The Morgan fingerprint density at radius 3 is 2.43 bits per heavy atom. The topological polar surface area (TPSA) is 84.2 Å². The summed E-state index contributed by atoms with van der Waals surface area (Å²) in [4.78, 5) is 32.7. The zero-order valence-electron chi connectivity index (χ0n) is 17.8. The predicted molar refractivity (Wildman–Crippen MR) is 113 cm³/mol. The normalized spacial score (nSPS) is 18.5. The number of amides is 1. The van der Waals surface area contributed by atoms with Gasteiger partial charge in [0.05, 0.1) is 44.6 Å². The van der Waals surface area contributed by atoms with Crippen LogP contribution in [0.25, 0.3) is 5.76 Å². The number of nitrogens with one attached hydrogen (secondary N) is 1. The molecule has 1 aromatic carbocycles. The molecule has 7 heteroatoms. The van der Waals surface area contributed by atoms with Crippen LogP contribution in [-0.2, 0) is 9.59 Å². The number of aliphatic hydroxyl groups excluding tert-OH is 1. The number of aromatic nitrogens is 1. The SMILES string of the molecule is CC(C)Oc1ccc(C(O)=C2C(=O)C(=O)N(CC[NH+](C)C)[C@H]2c2ccccn2)cc1. The van der Waals surface area contributed by atoms with E-state index in [4.69, 9.17) is 4.74 Å². The number of ketones is 1. The van der Waals surface area contributed by atoms with Crippen molar-refractivity contribution in [2.45, 2.75) is 26.0 Å². The standard InChI is InChI=1S/C23H27N3O4/c1-15(2)30-17-10-8-16(9-11-17)21(27)19-20(18-7-5-6-12-24-18)26(14-13-25(3)4)23(29)22(19)28/h5-12,15,20,27H,13-14H2,1-4H3/p+1/t20-/m0/s1. The van der Waals surface area contributed by atoms with Gasteiger partial charge in [0, 0.05) is 11.8 Å². The van der Waals surface area contributed by atoms with Gasteiger partial charge >= 0.3 is 0 Å². The molecular formula is C23H28N3O4+. The van der Waals surface area contributed by atoms with Crippen LogP contribution < -0.4 is 9.64 Å². The van der Waals surface area contributed by atoms with Crippen LogP contribution in [0.3, 0.4) is 0 Å². The molecule has 0 spiro atoms. The summed E-state index contributed by atoms with van der Waals surface area (Å²) in [5.41, 5.74) is 1.06. The van der Waals surface area contributed by atoms with E-state index in [2.05, 4.69) is 4.98 Å². The van der Waals surface area contributed by atoms with E-state index in [1.54, 1.807) is 48.7 Å². The summed E-state index contributed by atoms with van der Waals surface area (Å²) in [5.74, 6) is -0.857. The summed E-state index contributed by atoms with van der Waals surface area (Å²) in [6.45, 7) is 4.90. The number of aliphatic hydroxyl groups is 1. The second-order valence-electron chi connectivity index (χ2n) is 7.90. The lowest BCUT2D eigenvalue weighted by atomic mass is 9.98.